The van der Waals surface area contributed by atoms with Gasteiger partial charge in [-0.25, -0.2) is 4.98 Å². The van der Waals surface area contributed by atoms with Gasteiger partial charge in [0.15, 0.2) is 0 Å². The monoisotopic (exact) mass is 210 g/mol. The zero-order valence-electron chi connectivity index (χ0n) is 8.30. The second kappa shape index (κ2) is 4.36. The van der Waals surface area contributed by atoms with Gasteiger partial charge >= 0.3 is 5.69 Å². The number of pyridine rings is 1. The normalized spacial score (nSPS) is 9.47. The van der Waals surface area contributed by atoms with E-state index in [4.69, 9.17) is 0 Å². The van der Waals surface area contributed by atoms with E-state index in [1.165, 1.54) is 37.3 Å². The van der Waals surface area contributed by atoms with E-state index in [0.717, 1.165) is 0 Å². The molecule has 0 aliphatic heterocycles. The molecule has 1 amide bonds. The van der Waals surface area contributed by atoms with Crippen LogP contribution in [0, 0.1) is 10.1 Å². The lowest BCUT2D eigenvalue weighted by molar-refractivity contribution is -0.384. The number of hydrogen-bond donors (Lipinski definition) is 1. The Morgan fingerprint density at radius 2 is 2.33 bits per heavy atom. The van der Waals surface area contributed by atoms with Crippen LogP contribution in [0.4, 0.5) is 11.5 Å². The molecule has 0 atom stereocenters. The minimum Gasteiger partial charge on any atom is -0.274 e. The Hall–Kier alpha value is -2.18. The molecule has 7 heteroatoms. The molecule has 0 fully saturated rings. The first-order valence-corrected chi connectivity index (χ1v) is 4.12. The summed E-state index contributed by atoms with van der Waals surface area (Å²) in [4.78, 5) is 24.7. The number of nitrogens with one attached hydrogen (secondary N) is 1. The van der Waals surface area contributed by atoms with Gasteiger partial charge < -0.3 is 0 Å². The smallest absolute Gasteiger partial charge is 0.274 e. The number of amides is 1. The summed E-state index contributed by atoms with van der Waals surface area (Å²) in [5.74, 6) is -0.227. The Kier molecular flexibility index (Phi) is 3.17. The summed E-state index contributed by atoms with van der Waals surface area (Å²) in [5, 5.41) is 11.8. The van der Waals surface area contributed by atoms with Gasteiger partial charge in [0, 0.05) is 26.2 Å². The molecule has 0 aliphatic rings. The first-order valence-electron chi connectivity index (χ1n) is 4.12. The molecule has 0 saturated heterocycles. The molecule has 0 saturated carbocycles. The SMILES string of the molecule is CC(=O)NN(C)c1ncccc1[N+](=O)[O-]. The van der Waals surface area contributed by atoms with Gasteiger partial charge in [0.25, 0.3) is 0 Å². The molecule has 7 nitrogen and oxygen atoms in total. The lowest BCUT2D eigenvalue weighted by Crippen LogP contribution is -2.38. The van der Waals surface area contributed by atoms with Crippen molar-refractivity contribution in [2.45, 2.75) is 6.92 Å². The Labute approximate surface area is 85.8 Å². The summed E-state index contributed by atoms with van der Waals surface area (Å²) < 4.78 is 0. The summed E-state index contributed by atoms with van der Waals surface area (Å²) >= 11 is 0. The fourth-order valence-electron chi connectivity index (χ4n) is 1.08. The van der Waals surface area contributed by atoms with Gasteiger partial charge in [-0.05, 0) is 6.07 Å². The molecular formula is C8H10N4O3. The maximum atomic E-state index is 10.8. The third-order valence-electron chi connectivity index (χ3n) is 1.61. The van der Waals surface area contributed by atoms with Crippen molar-refractivity contribution in [1.82, 2.24) is 10.4 Å². The molecule has 0 radical (unpaired) electrons. The van der Waals surface area contributed by atoms with Crippen LogP contribution in [0.2, 0.25) is 0 Å². The quantitative estimate of drug-likeness (QED) is 0.579. The van der Waals surface area contributed by atoms with Gasteiger partial charge in [-0.3, -0.25) is 25.3 Å². The number of rotatable bonds is 3. The van der Waals surface area contributed by atoms with Crippen LogP contribution in [0.25, 0.3) is 0 Å². The van der Waals surface area contributed by atoms with E-state index in [0.29, 0.717) is 0 Å². The zero-order valence-corrected chi connectivity index (χ0v) is 8.30. The van der Waals surface area contributed by atoms with E-state index in [9.17, 15) is 14.9 Å². The summed E-state index contributed by atoms with van der Waals surface area (Å²) in [6, 6.07) is 2.78. The summed E-state index contributed by atoms with van der Waals surface area (Å²) in [6.07, 6.45) is 1.42. The molecule has 0 aliphatic carbocycles. The first-order chi connectivity index (χ1) is 7.02. The van der Waals surface area contributed by atoms with Crippen molar-refractivity contribution in [3.05, 3.63) is 28.4 Å². The lowest BCUT2D eigenvalue weighted by Gasteiger charge is -2.17. The fourth-order valence-corrected chi connectivity index (χ4v) is 1.08. The highest BCUT2D eigenvalue weighted by Crippen LogP contribution is 2.22. The molecule has 1 rings (SSSR count). The van der Waals surface area contributed by atoms with Crippen molar-refractivity contribution in [2.24, 2.45) is 0 Å². The van der Waals surface area contributed by atoms with E-state index >= 15 is 0 Å². The van der Waals surface area contributed by atoms with Crippen LogP contribution in [0.1, 0.15) is 6.92 Å². The van der Waals surface area contributed by atoms with Crippen molar-refractivity contribution >= 4 is 17.4 Å². The second-order valence-electron chi connectivity index (χ2n) is 2.83. The largest absolute Gasteiger partial charge is 0.313 e. The zero-order chi connectivity index (χ0) is 11.4. The van der Waals surface area contributed by atoms with Crippen LogP contribution in [0.3, 0.4) is 0 Å². The van der Waals surface area contributed by atoms with Gasteiger partial charge in [0.1, 0.15) is 0 Å². The number of hydrogen-bond acceptors (Lipinski definition) is 5. The average Bonchev–Trinajstić information content (AvgIpc) is 2.16. The first kappa shape index (κ1) is 10.9. The third-order valence-corrected chi connectivity index (χ3v) is 1.61. The van der Waals surface area contributed by atoms with Gasteiger partial charge in [0.2, 0.25) is 11.7 Å². The Balaban J connectivity index is 3.02. The average molecular weight is 210 g/mol. The highest BCUT2D eigenvalue weighted by atomic mass is 16.6. The molecule has 0 aromatic carbocycles. The molecule has 1 aromatic rings. The van der Waals surface area contributed by atoms with Gasteiger partial charge in [-0.15, -0.1) is 0 Å². The third kappa shape index (κ3) is 2.63. The van der Waals surface area contributed by atoms with Crippen molar-refractivity contribution < 1.29 is 9.72 Å². The second-order valence-corrected chi connectivity index (χ2v) is 2.83. The van der Waals surface area contributed by atoms with E-state index in [2.05, 4.69) is 10.4 Å². The predicted molar refractivity (Wildman–Crippen MR) is 53.1 cm³/mol. The maximum Gasteiger partial charge on any atom is 0.313 e. The maximum absolute atomic E-state index is 10.8. The van der Waals surface area contributed by atoms with Crippen LogP contribution >= 0.6 is 0 Å². The van der Waals surface area contributed by atoms with Crippen LogP contribution < -0.4 is 10.4 Å². The van der Waals surface area contributed by atoms with E-state index in [-0.39, 0.29) is 17.4 Å². The summed E-state index contributed by atoms with van der Waals surface area (Å²) in [6.45, 7) is 1.31. The molecule has 0 unspecified atom stereocenters. The fraction of sp³-hybridized carbons (Fsp3) is 0.250. The van der Waals surface area contributed by atoms with Crippen molar-refractivity contribution in [1.29, 1.82) is 0 Å². The van der Waals surface area contributed by atoms with Crippen LogP contribution in [0.15, 0.2) is 18.3 Å². The molecule has 1 N–H and O–H groups in total. The molecule has 1 aromatic heterocycles. The van der Waals surface area contributed by atoms with Crippen LogP contribution in [-0.4, -0.2) is 22.9 Å². The highest BCUT2D eigenvalue weighted by molar-refractivity contribution is 5.75. The topological polar surface area (TPSA) is 88.4 Å². The number of carbonyl (C=O) groups excluding carboxylic acids is 1. The number of nitro groups is 1. The highest BCUT2D eigenvalue weighted by Gasteiger charge is 2.18. The minimum absolute atomic E-state index is 0.0951. The number of hydrazine groups is 1. The predicted octanol–water partition coefficient (Wildman–Crippen LogP) is 0.477. The van der Waals surface area contributed by atoms with E-state index < -0.39 is 4.92 Å². The molecule has 80 valence electrons. The molecule has 0 bridgehead atoms. The standard InChI is InChI=1S/C8H10N4O3/c1-6(13)10-11(2)8-7(12(14)15)4-3-5-9-8/h3-5H,1-2H3,(H,10,13). The van der Waals surface area contributed by atoms with Gasteiger partial charge in [-0.1, -0.05) is 0 Å². The van der Waals surface area contributed by atoms with E-state index in [1.807, 2.05) is 0 Å². The van der Waals surface area contributed by atoms with Crippen LogP contribution in [-0.2, 0) is 4.79 Å². The summed E-state index contributed by atoms with van der Waals surface area (Å²) in [5.41, 5.74) is 2.22. The molecule has 1 heterocycles. The number of nitrogens with zero attached hydrogens (tertiary/aromatic N) is 3. The van der Waals surface area contributed by atoms with Crippen molar-refractivity contribution in [2.75, 3.05) is 12.1 Å². The van der Waals surface area contributed by atoms with Gasteiger partial charge in [-0.2, -0.15) is 0 Å². The summed E-state index contributed by atoms with van der Waals surface area (Å²) in [7, 11) is 1.48. The lowest BCUT2D eigenvalue weighted by atomic mass is 10.4. The van der Waals surface area contributed by atoms with E-state index in [1.54, 1.807) is 0 Å². The molecule has 0 spiro atoms. The van der Waals surface area contributed by atoms with Gasteiger partial charge in [0.05, 0.1) is 4.92 Å². The number of carbonyl (C=O) groups is 1. The minimum atomic E-state index is -0.555. The Morgan fingerprint density at radius 1 is 1.67 bits per heavy atom. The Morgan fingerprint density at radius 3 is 2.87 bits per heavy atom. The van der Waals surface area contributed by atoms with Crippen molar-refractivity contribution in [3.63, 3.8) is 0 Å². The molecular weight excluding hydrogens is 200 g/mol. The number of aromatic nitrogens is 1. The number of anilines is 1. The Bertz CT molecular complexity index is 393. The van der Waals surface area contributed by atoms with Crippen LogP contribution in [0.5, 0.6) is 0 Å². The van der Waals surface area contributed by atoms with Crippen molar-refractivity contribution in [3.8, 4) is 0 Å². The molecule has 15 heavy (non-hydrogen) atoms.